The van der Waals surface area contributed by atoms with E-state index < -0.39 is 12.1 Å². The molecule has 9 nitrogen and oxygen atoms in total. The van der Waals surface area contributed by atoms with Gasteiger partial charge < -0.3 is 24.8 Å². The Kier molecular flexibility index (Phi) is 8.37. The molecule has 1 aliphatic carbocycles. The number of ether oxygens (including phenoxy) is 2. The number of nitrogens with zero attached hydrogens (tertiary/aromatic N) is 3. The van der Waals surface area contributed by atoms with E-state index in [9.17, 15) is 18.0 Å². The normalized spacial score (nSPS) is 19.7. The van der Waals surface area contributed by atoms with E-state index in [1.54, 1.807) is 24.4 Å². The number of amides is 1. The molecule has 2 aliphatic heterocycles. The van der Waals surface area contributed by atoms with Crippen LogP contribution in [0, 0.1) is 5.92 Å². The third-order valence-corrected chi connectivity index (χ3v) is 6.59. The number of likely N-dealkylation sites (tertiary alicyclic amines) is 1. The highest BCUT2D eigenvalue weighted by Gasteiger charge is 2.38. The highest BCUT2D eigenvalue weighted by molar-refractivity contribution is 6.04. The summed E-state index contributed by atoms with van der Waals surface area (Å²) in [5.41, 5.74) is 0.545. The largest absolute Gasteiger partial charge is 0.490 e. The van der Waals surface area contributed by atoms with Crippen LogP contribution in [0.1, 0.15) is 48.5 Å². The Hall–Kier alpha value is -3.54. The van der Waals surface area contributed by atoms with Crippen molar-refractivity contribution in [2.75, 3.05) is 31.7 Å². The van der Waals surface area contributed by atoms with Crippen molar-refractivity contribution in [1.82, 2.24) is 14.7 Å². The van der Waals surface area contributed by atoms with E-state index >= 15 is 0 Å². The van der Waals surface area contributed by atoms with Crippen LogP contribution in [0.25, 0.3) is 0 Å². The van der Waals surface area contributed by atoms with Crippen LogP contribution < -0.4 is 14.8 Å². The molecule has 37 heavy (non-hydrogen) atoms. The maximum atomic E-state index is 12.8. The second-order valence-corrected chi connectivity index (χ2v) is 9.17. The van der Waals surface area contributed by atoms with Gasteiger partial charge in [0.05, 0.1) is 12.2 Å². The summed E-state index contributed by atoms with van der Waals surface area (Å²) in [7, 11) is 0. The molecule has 1 saturated heterocycles. The maximum absolute atomic E-state index is 12.8. The SMILES string of the molecule is O=C(Nc1ccnn1C1CCN(CC2CC=CCC2)CC1)c1ccc2c(c1)OCO2.O=C(O)C(F)(F)F. The number of piperidine rings is 1. The predicted octanol–water partition coefficient (Wildman–Crippen LogP) is 4.49. The zero-order valence-corrected chi connectivity index (χ0v) is 20.1. The molecule has 12 heteroatoms. The number of aromatic nitrogens is 2. The lowest BCUT2D eigenvalue weighted by molar-refractivity contribution is -0.192. The first-order chi connectivity index (χ1) is 17.7. The van der Waals surface area contributed by atoms with Crippen molar-refractivity contribution in [3.8, 4) is 11.5 Å². The van der Waals surface area contributed by atoms with Gasteiger partial charge in [-0.15, -0.1) is 0 Å². The Morgan fingerprint density at radius 1 is 1.08 bits per heavy atom. The fourth-order valence-electron chi connectivity index (χ4n) is 4.66. The van der Waals surface area contributed by atoms with Crippen molar-refractivity contribution < 1.29 is 37.3 Å². The molecule has 1 amide bonds. The van der Waals surface area contributed by atoms with Crippen molar-refractivity contribution in [2.45, 2.75) is 44.3 Å². The van der Waals surface area contributed by atoms with Crippen molar-refractivity contribution in [2.24, 2.45) is 5.92 Å². The number of aliphatic carboxylic acids is 1. The highest BCUT2D eigenvalue weighted by atomic mass is 19.4. The fraction of sp³-hybridized carbons (Fsp3) is 0.480. The molecule has 2 aromatic rings. The molecular weight excluding hydrogens is 493 g/mol. The number of carboxylic acid groups (broad SMARTS) is 1. The Balaban J connectivity index is 0.000000405. The number of anilines is 1. The zero-order chi connectivity index (χ0) is 26.4. The summed E-state index contributed by atoms with van der Waals surface area (Å²) in [6, 6.07) is 7.42. The van der Waals surface area contributed by atoms with Gasteiger partial charge in [0.2, 0.25) is 6.79 Å². The van der Waals surface area contributed by atoms with Gasteiger partial charge in [0.1, 0.15) is 5.82 Å². The molecule has 1 atom stereocenters. The minimum Gasteiger partial charge on any atom is -0.475 e. The highest BCUT2D eigenvalue weighted by Crippen LogP contribution is 2.33. The van der Waals surface area contributed by atoms with E-state index in [0.717, 1.165) is 37.7 Å². The molecule has 200 valence electrons. The second kappa shape index (κ2) is 11.7. The summed E-state index contributed by atoms with van der Waals surface area (Å²) < 4.78 is 44.4. The molecule has 1 aromatic heterocycles. The third-order valence-electron chi connectivity index (χ3n) is 6.59. The number of fused-ring (bicyclic) bond motifs is 1. The quantitative estimate of drug-likeness (QED) is 0.558. The number of rotatable bonds is 5. The summed E-state index contributed by atoms with van der Waals surface area (Å²) in [5, 5.41) is 14.7. The number of carbonyl (C=O) groups excluding carboxylic acids is 1. The Morgan fingerprint density at radius 3 is 2.49 bits per heavy atom. The minimum absolute atomic E-state index is 0.169. The number of alkyl halides is 3. The van der Waals surface area contributed by atoms with E-state index in [4.69, 9.17) is 19.4 Å². The van der Waals surface area contributed by atoms with Crippen LogP contribution in [-0.4, -0.2) is 64.3 Å². The summed E-state index contributed by atoms with van der Waals surface area (Å²) in [5.74, 6) is -0.101. The van der Waals surface area contributed by atoms with Gasteiger partial charge in [-0.2, -0.15) is 18.3 Å². The number of hydrogen-bond donors (Lipinski definition) is 2. The van der Waals surface area contributed by atoms with Gasteiger partial charge in [-0.1, -0.05) is 12.2 Å². The molecule has 1 unspecified atom stereocenters. The van der Waals surface area contributed by atoms with Gasteiger partial charge >= 0.3 is 12.1 Å². The first-order valence-corrected chi connectivity index (χ1v) is 12.1. The van der Waals surface area contributed by atoms with Crippen LogP contribution in [0.15, 0.2) is 42.6 Å². The van der Waals surface area contributed by atoms with Gasteiger partial charge in [-0.05, 0) is 56.2 Å². The molecule has 1 fully saturated rings. The maximum Gasteiger partial charge on any atom is 0.490 e. The number of nitrogens with one attached hydrogen (secondary N) is 1. The summed E-state index contributed by atoms with van der Waals surface area (Å²) in [6.45, 7) is 3.56. The lowest BCUT2D eigenvalue weighted by Crippen LogP contribution is -2.38. The van der Waals surface area contributed by atoms with Crippen molar-refractivity contribution >= 4 is 17.7 Å². The van der Waals surface area contributed by atoms with Gasteiger partial charge in [0.25, 0.3) is 5.91 Å². The van der Waals surface area contributed by atoms with E-state index in [0.29, 0.717) is 23.1 Å². The van der Waals surface area contributed by atoms with Gasteiger partial charge in [-0.3, -0.25) is 4.79 Å². The lowest BCUT2D eigenvalue weighted by Gasteiger charge is -2.35. The molecule has 0 bridgehead atoms. The van der Waals surface area contributed by atoms with Crippen molar-refractivity contribution in [1.29, 1.82) is 0 Å². The third kappa shape index (κ3) is 7.03. The molecule has 0 spiro atoms. The van der Waals surface area contributed by atoms with Crippen molar-refractivity contribution in [3.63, 3.8) is 0 Å². The summed E-state index contributed by atoms with van der Waals surface area (Å²) >= 11 is 0. The zero-order valence-electron chi connectivity index (χ0n) is 20.1. The van der Waals surface area contributed by atoms with Crippen LogP contribution in [0.2, 0.25) is 0 Å². The molecule has 3 heterocycles. The van der Waals surface area contributed by atoms with Crippen LogP contribution in [-0.2, 0) is 4.79 Å². The molecular formula is C25H29F3N4O5. The van der Waals surface area contributed by atoms with Gasteiger partial charge in [0, 0.05) is 31.3 Å². The Bertz CT molecular complexity index is 1130. The van der Waals surface area contributed by atoms with Crippen LogP contribution in [0.3, 0.4) is 0 Å². The average Bonchev–Trinajstić information content (AvgIpc) is 3.54. The molecule has 5 rings (SSSR count). The van der Waals surface area contributed by atoms with E-state index in [2.05, 4.69) is 27.5 Å². The second-order valence-electron chi connectivity index (χ2n) is 9.17. The minimum atomic E-state index is -5.08. The topological polar surface area (TPSA) is 106 Å². The van der Waals surface area contributed by atoms with Gasteiger partial charge in [-0.25, -0.2) is 9.48 Å². The number of halogens is 3. The smallest absolute Gasteiger partial charge is 0.475 e. The van der Waals surface area contributed by atoms with Crippen LogP contribution in [0.5, 0.6) is 11.5 Å². The van der Waals surface area contributed by atoms with E-state index in [1.165, 1.54) is 25.8 Å². The summed E-state index contributed by atoms with van der Waals surface area (Å²) in [6.07, 6.45) is 7.17. The first kappa shape index (κ1) is 26.5. The predicted molar refractivity (Wildman–Crippen MR) is 128 cm³/mol. The number of carboxylic acids is 1. The van der Waals surface area contributed by atoms with Crippen molar-refractivity contribution in [3.05, 3.63) is 48.2 Å². The Labute approximate surface area is 211 Å². The standard InChI is InChI=1S/C23H28N4O3.C2HF3O2/c28-23(18-6-7-20-21(14-18)30-16-29-20)25-22-8-11-24-27(22)19-9-12-26(13-10-19)15-17-4-2-1-3-5-17;3-2(4,5)1(6)7/h1-2,6-8,11,14,17,19H,3-5,9-10,12-13,15-16H2,(H,25,28);(H,6,7). The van der Waals surface area contributed by atoms with Crippen LogP contribution in [0.4, 0.5) is 19.0 Å². The summed E-state index contributed by atoms with van der Waals surface area (Å²) in [4.78, 5) is 24.2. The molecule has 1 aromatic carbocycles. The first-order valence-electron chi connectivity index (χ1n) is 12.1. The van der Waals surface area contributed by atoms with E-state index in [1.807, 2.05) is 10.7 Å². The number of carbonyl (C=O) groups is 2. The number of allylic oxidation sites excluding steroid dienone is 2. The Morgan fingerprint density at radius 2 is 1.81 bits per heavy atom. The molecule has 3 aliphatic rings. The molecule has 2 N–H and O–H groups in total. The van der Waals surface area contributed by atoms with Crippen LogP contribution >= 0.6 is 0 Å². The number of hydrogen-bond acceptors (Lipinski definition) is 6. The molecule has 0 radical (unpaired) electrons. The monoisotopic (exact) mass is 522 g/mol. The molecule has 0 saturated carbocycles. The fourth-order valence-corrected chi connectivity index (χ4v) is 4.66. The van der Waals surface area contributed by atoms with E-state index in [-0.39, 0.29) is 12.7 Å². The number of benzene rings is 1. The lowest BCUT2D eigenvalue weighted by atomic mass is 9.93. The van der Waals surface area contributed by atoms with Gasteiger partial charge in [0.15, 0.2) is 11.5 Å². The average molecular weight is 523 g/mol.